The SMILES string of the molecule is C[C@@H]1C[C@@](C)(C(=O)[O-])CCC1(C)C. The van der Waals surface area contributed by atoms with Crippen molar-refractivity contribution in [2.75, 3.05) is 0 Å². The Hall–Kier alpha value is -0.530. The molecule has 0 heterocycles. The number of hydrogen-bond acceptors (Lipinski definition) is 2. The van der Waals surface area contributed by atoms with E-state index in [1.165, 1.54) is 0 Å². The average molecular weight is 183 g/mol. The fraction of sp³-hybridized carbons (Fsp3) is 0.909. The number of carbonyl (C=O) groups excluding carboxylic acids is 1. The summed E-state index contributed by atoms with van der Waals surface area (Å²) in [5.74, 6) is -0.418. The Morgan fingerprint density at radius 2 is 1.85 bits per heavy atom. The van der Waals surface area contributed by atoms with Gasteiger partial charge in [-0.05, 0) is 30.6 Å². The minimum absolute atomic E-state index is 0.287. The first kappa shape index (κ1) is 10.6. The number of carbonyl (C=O) groups is 1. The first-order valence-corrected chi connectivity index (χ1v) is 4.99. The van der Waals surface area contributed by atoms with Crippen LogP contribution in [0.5, 0.6) is 0 Å². The highest BCUT2D eigenvalue weighted by Crippen LogP contribution is 2.48. The summed E-state index contributed by atoms with van der Waals surface area (Å²) in [5.41, 5.74) is -0.302. The first-order valence-electron chi connectivity index (χ1n) is 4.99. The summed E-state index contributed by atoms with van der Waals surface area (Å²) in [5, 5.41) is 10.9. The Kier molecular flexibility index (Phi) is 2.44. The van der Waals surface area contributed by atoms with Crippen LogP contribution in [0.1, 0.15) is 47.0 Å². The summed E-state index contributed by atoms with van der Waals surface area (Å²) >= 11 is 0. The summed E-state index contributed by atoms with van der Waals surface area (Å²) in [6.45, 7) is 8.38. The van der Waals surface area contributed by atoms with Crippen LogP contribution in [0.3, 0.4) is 0 Å². The lowest BCUT2D eigenvalue weighted by Crippen LogP contribution is -2.46. The van der Waals surface area contributed by atoms with Crippen LogP contribution in [-0.2, 0) is 4.79 Å². The van der Waals surface area contributed by atoms with Gasteiger partial charge >= 0.3 is 0 Å². The van der Waals surface area contributed by atoms with Crippen molar-refractivity contribution in [3.8, 4) is 0 Å². The van der Waals surface area contributed by atoms with E-state index in [9.17, 15) is 9.90 Å². The van der Waals surface area contributed by atoms with Gasteiger partial charge in [0.1, 0.15) is 0 Å². The van der Waals surface area contributed by atoms with Crippen LogP contribution in [-0.4, -0.2) is 5.97 Å². The summed E-state index contributed by atoms with van der Waals surface area (Å²) in [6, 6.07) is 0. The zero-order chi connectivity index (χ0) is 10.3. The molecule has 0 bridgehead atoms. The van der Waals surface area contributed by atoms with Crippen molar-refractivity contribution in [2.45, 2.75) is 47.0 Å². The summed E-state index contributed by atoms with van der Waals surface area (Å²) in [4.78, 5) is 10.9. The predicted molar refractivity (Wildman–Crippen MR) is 49.9 cm³/mol. The molecule has 1 aliphatic rings. The van der Waals surface area contributed by atoms with E-state index in [2.05, 4.69) is 20.8 Å². The first-order chi connectivity index (χ1) is 5.78. The molecule has 0 aromatic heterocycles. The highest BCUT2D eigenvalue weighted by molar-refractivity contribution is 5.72. The Labute approximate surface area is 80.3 Å². The molecule has 0 saturated heterocycles. The molecule has 0 spiro atoms. The van der Waals surface area contributed by atoms with E-state index in [4.69, 9.17) is 0 Å². The molecule has 0 radical (unpaired) electrons. The van der Waals surface area contributed by atoms with Gasteiger partial charge in [0.25, 0.3) is 0 Å². The van der Waals surface area contributed by atoms with Crippen LogP contribution in [0.4, 0.5) is 0 Å². The molecule has 2 atom stereocenters. The molecular formula is C11H19O2-. The second-order valence-corrected chi connectivity index (χ2v) is 5.44. The highest BCUT2D eigenvalue weighted by Gasteiger charge is 2.40. The maximum absolute atomic E-state index is 10.9. The van der Waals surface area contributed by atoms with Crippen LogP contribution in [0, 0.1) is 16.7 Å². The second kappa shape index (κ2) is 3.00. The van der Waals surface area contributed by atoms with Crippen LogP contribution in [0.15, 0.2) is 0 Å². The molecule has 0 unspecified atom stereocenters. The smallest absolute Gasteiger partial charge is 0.0473 e. The average Bonchev–Trinajstić information content (AvgIpc) is 1.98. The van der Waals surface area contributed by atoms with Crippen LogP contribution >= 0.6 is 0 Å². The monoisotopic (exact) mass is 183 g/mol. The Morgan fingerprint density at radius 1 is 1.31 bits per heavy atom. The summed E-state index contributed by atoms with van der Waals surface area (Å²) in [7, 11) is 0. The fourth-order valence-electron chi connectivity index (χ4n) is 2.08. The molecule has 0 aliphatic heterocycles. The second-order valence-electron chi connectivity index (χ2n) is 5.44. The Morgan fingerprint density at radius 3 is 2.23 bits per heavy atom. The van der Waals surface area contributed by atoms with Crippen molar-refractivity contribution in [2.24, 2.45) is 16.7 Å². The van der Waals surface area contributed by atoms with E-state index >= 15 is 0 Å². The van der Waals surface area contributed by atoms with Gasteiger partial charge in [-0.2, -0.15) is 0 Å². The van der Waals surface area contributed by atoms with Crippen molar-refractivity contribution in [3.63, 3.8) is 0 Å². The molecule has 2 heteroatoms. The Balaban J connectivity index is 2.76. The van der Waals surface area contributed by atoms with Crippen LogP contribution in [0.2, 0.25) is 0 Å². The van der Waals surface area contributed by atoms with Crippen LogP contribution < -0.4 is 5.11 Å². The number of rotatable bonds is 1. The molecule has 0 N–H and O–H groups in total. The summed E-state index contributed by atoms with van der Waals surface area (Å²) in [6.07, 6.45) is 2.49. The standard InChI is InChI=1S/C11H20O2/c1-8-7-11(4,9(12)13)6-5-10(8,2)3/h8H,5-7H2,1-4H3,(H,12,13)/p-1/t8-,11+/m1/s1. The van der Waals surface area contributed by atoms with Crippen molar-refractivity contribution in [1.82, 2.24) is 0 Å². The molecule has 76 valence electrons. The summed E-state index contributed by atoms with van der Waals surface area (Å²) < 4.78 is 0. The number of hydrogen-bond donors (Lipinski definition) is 0. The lowest BCUT2D eigenvalue weighted by atomic mass is 9.60. The minimum atomic E-state index is -0.880. The van der Waals surface area contributed by atoms with Gasteiger partial charge in [0.2, 0.25) is 0 Å². The maximum Gasteiger partial charge on any atom is 0.0473 e. The molecule has 13 heavy (non-hydrogen) atoms. The van der Waals surface area contributed by atoms with Gasteiger partial charge in [0.05, 0.1) is 0 Å². The molecule has 0 aromatic rings. The van der Waals surface area contributed by atoms with Gasteiger partial charge in [-0.3, -0.25) is 0 Å². The zero-order valence-electron chi connectivity index (χ0n) is 9.02. The molecule has 1 rings (SSSR count). The molecule has 1 aliphatic carbocycles. The van der Waals surface area contributed by atoms with Gasteiger partial charge in [-0.15, -0.1) is 0 Å². The minimum Gasteiger partial charge on any atom is -0.550 e. The number of carboxylic acid groups (broad SMARTS) is 1. The maximum atomic E-state index is 10.9. The molecule has 2 nitrogen and oxygen atoms in total. The lowest BCUT2D eigenvalue weighted by Gasteiger charge is -2.46. The normalized spacial score (nSPS) is 38.6. The Bertz CT molecular complexity index is 220. The van der Waals surface area contributed by atoms with Crippen molar-refractivity contribution >= 4 is 5.97 Å². The molecule has 0 aromatic carbocycles. The molecule has 1 saturated carbocycles. The fourth-order valence-corrected chi connectivity index (χ4v) is 2.08. The third kappa shape index (κ3) is 1.87. The largest absolute Gasteiger partial charge is 0.550 e. The third-order valence-electron chi connectivity index (χ3n) is 3.90. The van der Waals surface area contributed by atoms with Crippen molar-refractivity contribution in [3.05, 3.63) is 0 Å². The number of carboxylic acids is 1. The lowest BCUT2D eigenvalue weighted by molar-refractivity contribution is -0.321. The van der Waals surface area contributed by atoms with E-state index in [1.54, 1.807) is 0 Å². The molecular weight excluding hydrogens is 164 g/mol. The van der Waals surface area contributed by atoms with E-state index in [0.717, 1.165) is 19.3 Å². The van der Waals surface area contributed by atoms with Crippen molar-refractivity contribution in [1.29, 1.82) is 0 Å². The van der Waals surface area contributed by atoms with Gasteiger partial charge in [0, 0.05) is 11.4 Å². The molecule has 1 fully saturated rings. The van der Waals surface area contributed by atoms with Gasteiger partial charge < -0.3 is 9.90 Å². The van der Waals surface area contributed by atoms with Gasteiger partial charge in [-0.25, -0.2) is 0 Å². The van der Waals surface area contributed by atoms with Gasteiger partial charge in [0.15, 0.2) is 0 Å². The van der Waals surface area contributed by atoms with E-state index in [0.29, 0.717) is 5.92 Å². The third-order valence-corrected chi connectivity index (χ3v) is 3.90. The number of aliphatic carboxylic acids is 1. The van der Waals surface area contributed by atoms with E-state index in [-0.39, 0.29) is 5.41 Å². The van der Waals surface area contributed by atoms with E-state index in [1.807, 2.05) is 6.92 Å². The van der Waals surface area contributed by atoms with Gasteiger partial charge in [-0.1, -0.05) is 27.7 Å². The quantitative estimate of drug-likeness (QED) is 0.619. The highest BCUT2D eigenvalue weighted by atomic mass is 16.4. The predicted octanol–water partition coefficient (Wildman–Crippen LogP) is 1.59. The van der Waals surface area contributed by atoms with Crippen molar-refractivity contribution < 1.29 is 9.90 Å². The topological polar surface area (TPSA) is 40.1 Å². The van der Waals surface area contributed by atoms with E-state index < -0.39 is 11.4 Å². The zero-order valence-corrected chi connectivity index (χ0v) is 9.02. The molecule has 0 amide bonds. The van der Waals surface area contributed by atoms with Crippen LogP contribution in [0.25, 0.3) is 0 Å².